The molecule has 0 radical (unpaired) electrons. The molecule has 28 heavy (non-hydrogen) atoms. The number of nitrogens with one attached hydrogen (secondary N) is 1. The molecule has 3 aromatic heterocycles. The zero-order valence-electron chi connectivity index (χ0n) is 22.2. The zero-order chi connectivity index (χ0) is 27.3. The lowest BCUT2D eigenvalue weighted by atomic mass is 9.96. The van der Waals surface area contributed by atoms with Gasteiger partial charge in [0.2, 0.25) is 0 Å². The van der Waals surface area contributed by atoms with Crippen LogP contribution in [0.25, 0.3) is 22.3 Å². The fourth-order valence-corrected chi connectivity index (χ4v) is 2.66. The molecule has 0 saturated heterocycles. The first-order chi connectivity index (χ1) is 16.4. The normalized spacial score (nSPS) is 27.2. The summed E-state index contributed by atoms with van der Waals surface area (Å²) in [6, 6.07) is 2.40. The molecule has 1 atom stereocenters. The highest BCUT2D eigenvalue weighted by Gasteiger charge is 2.27. The Bertz CT molecular complexity index is 1320. The van der Waals surface area contributed by atoms with Crippen LogP contribution in [0.15, 0.2) is 31.0 Å². The van der Waals surface area contributed by atoms with Gasteiger partial charge in [0.05, 0.1) is 30.4 Å². The van der Waals surface area contributed by atoms with Crippen molar-refractivity contribution in [1.29, 1.82) is 5.26 Å². The maximum absolute atomic E-state index is 9.35. The van der Waals surface area contributed by atoms with E-state index in [1.165, 1.54) is 23.4 Å². The van der Waals surface area contributed by atoms with E-state index in [2.05, 4.69) is 20.1 Å². The molecule has 1 fully saturated rings. The van der Waals surface area contributed by atoms with E-state index < -0.39 is 45.3 Å². The lowest BCUT2D eigenvalue weighted by molar-refractivity contribution is 0.275. The summed E-state index contributed by atoms with van der Waals surface area (Å²) in [5, 5.41) is 14.2. The van der Waals surface area contributed by atoms with Crippen LogP contribution >= 0.6 is 7.82 Å². The Labute approximate surface area is 172 Å². The second kappa shape index (κ2) is 8.63. The first-order valence-electron chi connectivity index (χ1n) is 11.9. The van der Waals surface area contributed by atoms with Crippen LogP contribution in [0.2, 0.25) is 0 Å². The van der Waals surface area contributed by atoms with Gasteiger partial charge < -0.3 is 19.7 Å². The molecule has 0 unspecified atom stereocenters. The number of aromatic amines is 1. The Morgan fingerprint density at radius 3 is 2.79 bits per heavy atom. The van der Waals surface area contributed by atoms with Crippen molar-refractivity contribution < 1.29 is 30.2 Å². The van der Waals surface area contributed by atoms with E-state index in [1.807, 2.05) is 6.07 Å². The van der Waals surface area contributed by atoms with E-state index in [4.69, 9.17) is 30.2 Å². The number of hydrogen-bond acceptors (Lipinski definition) is 5. The predicted molar refractivity (Wildman–Crippen MR) is 101 cm³/mol. The van der Waals surface area contributed by atoms with Gasteiger partial charge in [-0.1, -0.05) is 12.7 Å². The highest BCUT2D eigenvalue weighted by atomic mass is 31.2. The Morgan fingerprint density at radius 1 is 1.39 bits per heavy atom. The average Bonchev–Trinajstić information content (AvgIpc) is 3.41. The molecule has 11 heteroatoms. The minimum absolute atomic E-state index is 0.389. The third-order valence-electron chi connectivity index (χ3n) is 3.77. The number of H-pyrrole nitrogens is 1. The van der Waals surface area contributed by atoms with E-state index in [0.29, 0.717) is 22.3 Å². The number of hydrogen-bond donors (Lipinski definition) is 4. The molecule has 0 aliphatic heterocycles. The molecular weight excluding hydrogens is 383 g/mol. The maximum Gasteiger partial charge on any atom is 0.466 e. The van der Waals surface area contributed by atoms with Crippen LogP contribution in [0.1, 0.15) is 48.9 Å². The van der Waals surface area contributed by atoms with E-state index in [1.54, 1.807) is 12.3 Å². The minimum Gasteiger partial charge on any atom is -0.346 e. The van der Waals surface area contributed by atoms with Gasteiger partial charge in [0.25, 0.3) is 0 Å². The Balaban J connectivity index is 0.000000658. The number of fused-ring (bicyclic) bond motifs is 1. The number of nitriles is 1. The van der Waals surface area contributed by atoms with Gasteiger partial charge in [0.15, 0.2) is 0 Å². The summed E-state index contributed by atoms with van der Waals surface area (Å²) in [7, 11) is -4.64. The molecular formula is C17H21N6O4P. The van der Waals surface area contributed by atoms with Crippen LogP contribution in [0.3, 0.4) is 0 Å². The van der Waals surface area contributed by atoms with Gasteiger partial charge in [-0.3, -0.25) is 4.68 Å². The Morgan fingerprint density at radius 2 is 2.11 bits per heavy atom. The highest BCUT2D eigenvalue weighted by molar-refractivity contribution is 7.45. The molecule has 1 aliphatic rings. The summed E-state index contributed by atoms with van der Waals surface area (Å²) in [6.07, 6.45) is -6.49. The highest BCUT2D eigenvalue weighted by Crippen LogP contribution is 2.36. The minimum atomic E-state index is -4.64. The van der Waals surface area contributed by atoms with Crippen molar-refractivity contribution in [3.8, 4) is 17.3 Å². The quantitative estimate of drug-likeness (QED) is 0.475. The zero-order valence-corrected chi connectivity index (χ0v) is 15.1. The van der Waals surface area contributed by atoms with Crippen molar-refractivity contribution in [2.45, 2.75) is 38.0 Å². The molecule has 0 spiro atoms. The standard InChI is InChI=1S/C17H18N6.H3O4P/c18-7-5-15(12-3-1-2-4-12)23-10-13(9-22-23)16-14-6-8-19-17(14)21-11-20-16;1-5(2,3)4/h6,8-12,15H,1-5H2,(H,19,20,21);(H3,1,2,3,4)/t15-;/m1./s1/i1D2,2D2,3D2,4D2;. The summed E-state index contributed by atoms with van der Waals surface area (Å²) in [4.78, 5) is 32.9. The summed E-state index contributed by atoms with van der Waals surface area (Å²) in [5.74, 6) is -1.81. The summed E-state index contributed by atoms with van der Waals surface area (Å²) in [6.45, 7) is 0. The first kappa shape index (κ1) is 12.1. The van der Waals surface area contributed by atoms with Crippen LogP contribution in [0.5, 0.6) is 0 Å². The van der Waals surface area contributed by atoms with Crippen LogP contribution < -0.4 is 0 Å². The summed E-state index contributed by atoms with van der Waals surface area (Å²) >= 11 is 0. The topological polar surface area (TPSA) is 161 Å². The van der Waals surface area contributed by atoms with Crippen LogP contribution in [-0.2, 0) is 4.57 Å². The summed E-state index contributed by atoms with van der Waals surface area (Å²) < 4.78 is 75.4. The van der Waals surface area contributed by atoms with E-state index in [9.17, 15) is 5.26 Å². The molecule has 1 saturated carbocycles. The predicted octanol–water partition coefficient (Wildman–Crippen LogP) is 2.54. The fraction of sp³-hybridized carbons (Fsp3) is 0.412. The Kier molecular flexibility index (Phi) is 3.72. The third-order valence-corrected chi connectivity index (χ3v) is 3.77. The van der Waals surface area contributed by atoms with Crippen molar-refractivity contribution in [2.75, 3.05) is 0 Å². The van der Waals surface area contributed by atoms with Crippen molar-refractivity contribution in [2.24, 2.45) is 5.92 Å². The van der Waals surface area contributed by atoms with Crippen molar-refractivity contribution >= 4 is 18.9 Å². The molecule has 10 nitrogen and oxygen atoms in total. The lowest BCUT2D eigenvalue weighted by Crippen LogP contribution is -2.17. The number of nitrogens with zero attached hydrogens (tertiary/aromatic N) is 5. The van der Waals surface area contributed by atoms with E-state index in [0.717, 1.165) is 0 Å². The molecule has 4 N–H and O–H groups in total. The molecule has 0 aromatic carbocycles. The van der Waals surface area contributed by atoms with Gasteiger partial charge in [-0.15, -0.1) is 0 Å². The molecule has 3 aromatic rings. The molecule has 148 valence electrons. The lowest BCUT2D eigenvalue weighted by Gasteiger charge is -2.21. The van der Waals surface area contributed by atoms with Gasteiger partial charge in [0, 0.05) is 34.3 Å². The van der Waals surface area contributed by atoms with Gasteiger partial charge in [-0.05, 0) is 24.7 Å². The second-order valence-corrected chi connectivity index (χ2v) is 6.66. The third kappa shape index (κ3) is 5.03. The largest absolute Gasteiger partial charge is 0.466 e. The van der Waals surface area contributed by atoms with Crippen LogP contribution in [0, 0.1) is 17.2 Å². The van der Waals surface area contributed by atoms with Gasteiger partial charge in [0.1, 0.15) is 12.0 Å². The monoisotopic (exact) mass is 412 g/mol. The van der Waals surface area contributed by atoms with Crippen LogP contribution in [-0.4, -0.2) is 39.4 Å². The van der Waals surface area contributed by atoms with Gasteiger partial charge >= 0.3 is 7.82 Å². The van der Waals surface area contributed by atoms with Crippen molar-refractivity contribution in [3.63, 3.8) is 0 Å². The molecule has 4 rings (SSSR count). The van der Waals surface area contributed by atoms with E-state index >= 15 is 0 Å². The summed E-state index contributed by atoms with van der Waals surface area (Å²) in [5.41, 5.74) is 1.63. The van der Waals surface area contributed by atoms with E-state index in [-0.39, 0.29) is 6.42 Å². The average molecular weight is 412 g/mol. The Hall–Kier alpha value is -2.57. The number of rotatable bonds is 4. The molecule has 0 bridgehead atoms. The van der Waals surface area contributed by atoms with Crippen molar-refractivity contribution in [3.05, 3.63) is 31.0 Å². The van der Waals surface area contributed by atoms with Gasteiger partial charge in [-0.25, -0.2) is 14.5 Å². The molecule has 1 aliphatic carbocycles. The second-order valence-electron chi connectivity index (χ2n) is 5.63. The smallest absolute Gasteiger partial charge is 0.346 e. The van der Waals surface area contributed by atoms with Crippen molar-refractivity contribution in [1.82, 2.24) is 24.7 Å². The SMILES string of the molecule is O=P(O)(O)O.[2H]C1([2H])C([C@@H](CC#N)n2cc(-c3ncnc4[nH]ccc34)cn2)C([2H])([2H])C([2H])([2H])C1([2H])[2H]. The fourth-order valence-electron chi connectivity index (χ4n) is 2.66. The number of phosphoric acid groups is 1. The maximum atomic E-state index is 9.35. The first-order valence-corrected chi connectivity index (χ1v) is 9.42. The number of aromatic nitrogens is 5. The van der Waals surface area contributed by atoms with Crippen LogP contribution in [0.4, 0.5) is 0 Å². The van der Waals surface area contributed by atoms with Gasteiger partial charge in [-0.2, -0.15) is 10.4 Å². The molecule has 3 heterocycles. The molecule has 0 amide bonds.